The maximum absolute atomic E-state index is 12.6. The predicted octanol–water partition coefficient (Wildman–Crippen LogP) is 3.42. The van der Waals surface area contributed by atoms with Gasteiger partial charge in [0, 0.05) is 6.54 Å². The molecule has 0 aliphatic carbocycles. The summed E-state index contributed by atoms with van der Waals surface area (Å²) in [6.45, 7) is 8.37. The summed E-state index contributed by atoms with van der Waals surface area (Å²) in [6.07, 6.45) is 0.963. The van der Waals surface area contributed by atoms with Crippen molar-refractivity contribution >= 4 is 17.7 Å². The minimum atomic E-state index is -0.581. The molecule has 1 atom stereocenters. The molecule has 1 fully saturated rings. The number of likely N-dealkylation sites (tertiary alicyclic amines) is 1. The topological polar surface area (TPSA) is 67.9 Å². The van der Waals surface area contributed by atoms with Crippen molar-refractivity contribution in [1.29, 1.82) is 0 Å². The van der Waals surface area contributed by atoms with Gasteiger partial charge in [0.1, 0.15) is 17.4 Å². The Morgan fingerprint density at radius 3 is 2.67 bits per heavy atom. The highest BCUT2D eigenvalue weighted by atomic mass is 16.6. The zero-order valence-electron chi connectivity index (χ0n) is 14.8. The second-order valence-electron chi connectivity index (χ2n) is 6.75. The van der Waals surface area contributed by atoms with Gasteiger partial charge in [-0.05, 0) is 52.7 Å². The average Bonchev–Trinajstić information content (AvgIpc) is 2.97. The van der Waals surface area contributed by atoms with Gasteiger partial charge >= 0.3 is 6.09 Å². The van der Waals surface area contributed by atoms with E-state index in [2.05, 4.69) is 5.32 Å². The summed E-state index contributed by atoms with van der Waals surface area (Å²) in [4.78, 5) is 26.4. The average molecular weight is 334 g/mol. The molecule has 1 saturated heterocycles. The van der Waals surface area contributed by atoms with E-state index in [-0.39, 0.29) is 5.91 Å². The van der Waals surface area contributed by atoms with Crippen LogP contribution in [0.15, 0.2) is 24.3 Å². The second-order valence-corrected chi connectivity index (χ2v) is 6.75. The molecule has 0 spiro atoms. The van der Waals surface area contributed by atoms with Gasteiger partial charge in [-0.15, -0.1) is 0 Å². The molecule has 1 unspecified atom stereocenters. The summed E-state index contributed by atoms with van der Waals surface area (Å²) < 4.78 is 10.9. The summed E-state index contributed by atoms with van der Waals surface area (Å²) in [5, 5.41) is 2.87. The van der Waals surface area contributed by atoms with E-state index in [1.807, 2.05) is 39.8 Å². The maximum atomic E-state index is 12.6. The monoisotopic (exact) mass is 334 g/mol. The van der Waals surface area contributed by atoms with Crippen LogP contribution >= 0.6 is 0 Å². The third kappa shape index (κ3) is 4.63. The number of anilines is 1. The molecule has 0 radical (unpaired) electrons. The third-order valence-electron chi connectivity index (χ3n) is 3.63. The van der Waals surface area contributed by atoms with Crippen molar-refractivity contribution < 1.29 is 19.1 Å². The number of rotatable bonds is 4. The van der Waals surface area contributed by atoms with Crippen LogP contribution < -0.4 is 10.1 Å². The number of nitrogens with one attached hydrogen (secondary N) is 1. The van der Waals surface area contributed by atoms with Gasteiger partial charge in [-0.3, -0.25) is 9.69 Å². The lowest BCUT2D eigenvalue weighted by molar-refractivity contribution is -0.120. The Bertz CT molecular complexity index is 595. The Morgan fingerprint density at radius 2 is 2.00 bits per heavy atom. The summed E-state index contributed by atoms with van der Waals surface area (Å²) in [5.74, 6) is 0.403. The zero-order valence-corrected chi connectivity index (χ0v) is 14.8. The fourth-order valence-electron chi connectivity index (χ4n) is 2.65. The van der Waals surface area contributed by atoms with E-state index in [0.29, 0.717) is 31.0 Å². The molecule has 24 heavy (non-hydrogen) atoms. The molecule has 1 aromatic carbocycles. The van der Waals surface area contributed by atoms with E-state index in [1.54, 1.807) is 12.1 Å². The lowest BCUT2D eigenvalue weighted by Gasteiger charge is -2.28. The first-order valence-corrected chi connectivity index (χ1v) is 8.34. The Labute approximate surface area is 143 Å². The fourth-order valence-corrected chi connectivity index (χ4v) is 2.65. The third-order valence-corrected chi connectivity index (χ3v) is 3.63. The van der Waals surface area contributed by atoms with E-state index in [0.717, 1.165) is 6.42 Å². The van der Waals surface area contributed by atoms with Crippen LogP contribution in [0.4, 0.5) is 10.5 Å². The van der Waals surface area contributed by atoms with Gasteiger partial charge in [-0.1, -0.05) is 12.1 Å². The largest absolute Gasteiger partial charge is 0.492 e. The van der Waals surface area contributed by atoms with E-state index in [1.165, 1.54) is 4.90 Å². The van der Waals surface area contributed by atoms with Crippen LogP contribution in [0.5, 0.6) is 5.75 Å². The van der Waals surface area contributed by atoms with Crippen LogP contribution in [0, 0.1) is 0 Å². The molecule has 132 valence electrons. The van der Waals surface area contributed by atoms with Crippen molar-refractivity contribution in [2.45, 2.75) is 52.2 Å². The van der Waals surface area contributed by atoms with Crippen molar-refractivity contribution in [3.8, 4) is 5.75 Å². The number of carbonyl (C=O) groups excluding carboxylic acids is 2. The molecule has 1 N–H and O–H groups in total. The Hall–Kier alpha value is -2.24. The molecular weight excluding hydrogens is 308 g/mol. The van der Waals surface area contributed by atoms with Crippen LogP contribution in [0.1, 0.15) is 40.5 Å². The van der Waals surface area contributed by atoms with Gasteiger partial charge in [0.05, 0.1) is 12.3 Å². The van der Waals surface area contributed by atoms with Crippen molar-refractivity contribution in [3.63, 3.8) is 0 Å². The van der Waals surface area contributed by atoms with Crippen molar-refractivity contribution in [2.75, 3.05) is 18.5 Å². The number of hydrogen-bond acceptors (Lipinski definition) is 4. The standard InChI is InChI=1S/C18H26N2O4/c1-5-23-15-11-7-6-9-13(15)19-16(21)14-10-8-12-20(14)17(22)24-18(2,3)4/h6-7,9,11,14H,5,8,10,12H2,1-4H3,(H,19,21). The number of hydrogen-bond donors (Lipinski definition) is 1. The molecular formula is C18H26N2O4. The maximum Gasteiger partial charge on any atom is 0.410 e. The lowest BCUT2D eigenvalue weighted by Crippen LogP contribution is -2.45. The Morgan fingerprint density at radius 1 is 1.29 bits per heavy atom. The molecule has 0 bridgehead atoms. The van der Waals surface area contributed by atoms with Crippen LogP contribution in [-0.2, 0) is 9.53 Å². The molecule has 1 aromatic rings. The van der Waals surface area contributed by atoms with E-state index < -0.39 is 17.7 Å². The number of para-hydroxylation sites is 2. The van der Waals surface area contributed by atoms with Crippen LogP contribution in [-0.4, -0.2) is 41.7 Å². The van der Waals surface area contributed by atoms with E-state index in [9.17, 15) is 9.59 Å². The summed E-state index contributed by atoms with van der Waals surface area (Å²) >= 11 is 0. The van der Waals surface area contributed by atoms with Crippen molar-refractivity contribution in [1.82, 2.24) is 4.90 Å². The number of carbonyl (C=O) groups is 2. The number of ether oxygens (including phenoxy) is 2. The van der Waals surface area contributed by atoms with Gasteiger partial charge in [-0.25, -0.2) is 4.79 Å². The number of amides is 2. The van der Waals surface area contributed by atoms with Crippen LogP contribution in [0.3, 0.4) is 0 Å². The van der Waals surface area contributed by atoms with Gasteiger partial charge in [0.15, 0.2) is 0 Å². The molecule has 6 heteroatoms. The van der Waals surface area contributed by atoms with Gasteiger partial charge in [-0.2, -0.15) is 0 Å². The fraction of sp³-hybridized carbons (Fsp3) is 0.556. The summed E-state index contributed by atoms with van der Waals surface area (Å²) in [6, 6.07) is 6.76. The van der Waals surface area contributed by atoms with Gasteiger partial charge in [0.2, 0.25) is 5.91 Å². The van der Waals surface area contributed by atoms with Crippen molar-refractivity contribution in [2.24, 2.45) is 0 Å². The quantitative estimate of drug-likeness (QED) is 0.916. The highest BCUT2D eigenvalue weighted by Gasteiger charge is 2.36. The SMILES string of the molecule is CCOc1ccccc1NC(=O)C1CCCN1C(=O)OC(C)(C)C. The van der Waals surface area contributed by atoms with E-state index in [4.69, 9.17) is 9.47 Å². The molecule has 0 saturated carbocycles. The van der Waals surface area contributed by atoms with Crippen LogP contribution in [0.2, 0.25) is 0 Å². The highest BCUT2D eigenvalue weighted by molar-refractivity contribution is 5.97. The van der Waals surface area contributed by atoms with Gasteiger partial charge < -0.3 is 14.8 Å². The smallest absolute Gasteiger partial charge is 0.410 e. The first kappa shape index (κ1) is 18.1. The number of nitrogens with zero attached hydrogens (tertiary/aromatic N) is 1. The second kappa shape index (κ2) is 7.55. The molecule has 1 heterocycles. The Balaban J connectivity index is 2.07. The van der Waals surface area contributed by atoms with Gasteiger partial charge in [0.25, 0.3) is 0 Å². The summed E-state index contributed by atoms with van der Waals surface area (Å²) in [5.41, 5.74) is 0.0304. The zero-order chi connectivity index (χ0) is 17.7. The molecule has 1 aliphatic heterocycles. The van der Waals surface area contributed by atoms with Crippen LogP contribution in [0.25, 0.3) is 0 Å². The molecule has 0 aromatic heterocycles. The Kier molecular flexibility index (Phi) is 5.70. The first-order chi connectivity index (χ1) is 11.3. The first-order valence-electron chi connectivity index (χ1n) is 8.34. The van der Waals surface area contributed by atoms with E-state index >= 15 is 0 Å². The molecule has 6 nitrogen and oxygen atoms in total. The minimum Gasteiger partial charge on any atom is -0.492 e. The predicted molar refractivity (Wildman–Crippen MR) is 92.2 cm³/mol. The number of benzene rings is 1. The normalized spacial score (nSPS) is 17.5. The lowest BCUT2D eigenvalue weighted by atomic mass is 10.2. The summed E-state index contributed by atoms with van der Waals surface area (Å²) in [7, 11) is 0. The molecule has 1 aliphatic rings. The minimum absolute atomic E-state index is 0.217. The highest BCUT2D eigenvalue weighted by Crippen LogP contribution is 2.26. The molecule has 2 rings (SSSR count). The van der Waals surface area contributed by atoms with Crippen molar-refractivity contribution in [3.05, 3.63) is 24.3 Å². The molecule has 2 amide bonds.